The molecule has 0 radical (unpaired) electrons. The van der Waals surface area contributed by atoms with E-state index in [1.807, 2.05) is 12.1 Å². The monoisotopic (exact) mass is 233 g/mol. The second-order valence-corrected chi connectivity index (χ2v) is 4.32. The molecule has 1 aliphatic carbocycles. The Bertz CT molecular complexity index is 399. The summed E-state index contributed by atoms with van der Waals surface area (Å²) in [6, 6.07) is 8.68. The standard InChI is InChI=1S/C13H19N3O/c1-17-9-11-5-3-2-4-10(11)8-15-13(14)16-12-6-7-12/h2-5,12H,6-9H2,1H3,(H3,14,15,16). The van der Waals surface area contributed by atoms with Gasteiger partial charge in [0.05, 0.1) is 13.2 Å². The Morgan fingerprint density at radius 2 is 2.12 bits per heavy atom. The van der Waals surface area contributed by atoms with E-state index in [9.17, 15) is 0 Å². The van der Waals surface area contributed by atoms with Gasteiger partial charge in [-0.3, -0.25) is 0 Å². The van der Waals surface area contributed by atoms with Crippen LogP contribution in [0.15, 0.2) is 29.3 Å². The van der Waals surface area contributed by atoms with Gasteiger partial charge in [-0.15, -0.1) is 0 Å². The topological polar surface area (TPSA) is 59.6 Å². The molecular weight excluding hydrogens is 214 g/mol. The van der Waals surface area contributed by atoms with E-state index in [2.05, 4.69) is 22.4 Å². The van der Waals surface area contributed by atoms with Gasteiger partial charge in [0, 0.05) is 13.2 Å². The van der Waals surface area contributed by atoms with Crippen LogP contribution < -0.4 is 11.1 Å². The molecule has 92 valence electrons. The number of ether oxygens (including phenoxy) is 1. The van der Waals surface area contributed by atoms with Crippen LogP contribution in [-0.2, 0) is 17.9 Å². The van der Waals surface area contributed by atoms with E-state index >= 15 is 0 Å². The minimum absolute atomic E-state index is 0.541. The van der Waals surface area contributed by atoms with Crippen molar-refractivity contribution in [2.24, 2.45) is 10.7 Å². The van der Waals surface area contributed by atoms with Gasteiger partial charge in [0.15, 0.2) is 5.96 Å². The number of nitrogens with one attached hydrogen (secondary N) is 1. The molecule has 1 fully saturated rings. The number of guanidine groups is 1. The number of rotatable bonds is 5. The number of hydrogen-bond acceptors (Lipinski definition) is 2. The van der Waals surface area contributed by atoms with E-state index in [0.29, 0.717) is 25.2 Å². The first-order chi connectivity index (χ1) is 8.29. The average molecular weight is 233 g/mol. The van der Waals surface area contributed by atoms with Crippen LogP contribution >= 0.6 is 0 Å². The Balaban J connectivity index is 1.96. The molecule has 4 heteroatoms. The fourth-order valence-electron chi connectivity index (χ4n) is 1.66. The lowest BCUT2D eigenvalue weighted by molar-refractivity contribution is 0.184. The highest BCUT2D eigenvalue weighted by Gasteiger charge is 2.21. The van der Waals surface area contributed by atoms with Crippen molar-refractivity contribution in [1.82, 2.24) is 5.32 Å². The summed E-state index contributed by atoms with van der Waals surface area (Å²) in [5, 5.41) is 3.17. The van der Waals surface area contributed by atoms with E-state index in [1.54, 1.807) is 7.11 Å². The van der Waals surface area contributed by atoms with Gasteiger partial charge in [-0.25, -0.2) is 4.99 Å². The number of nitrogens with zero attached hydrogens (tertiary/aromatic N) is 1. The lowest BCUT2D eigenvalue weighted by atomic mass is 10.1. The predicted molar refractivity (Wildman–Crippen MR) is 68.6 cm³/mol. The molecule has 1 aromatic carbocycles. The van der Waals surface area contributed by atoms with Crippen LogP contribution in [0.2, 0.25) is 0 Å². The van der Waals surface area contributed by atoms with Crippen LogP contribution in [0.1, 0.15) is 24.0 Å². The summed E-state index contributed by atoms with van der Waals surface area (Å²) in [6.45, 7) is 1.22. The van der Waals surface area contributed by atoms with Crippen molar-refractivity contribution in [3.8, 4) is 0 Å². The second kappa shape index (κ2) is 5.68. The average Bonchev–Trinajstić information content (AvgIpc) is 3.12. The fraction of sp³-hybridized carbons (Fsp3) is 0.462. The highest BCUT2D eigenvalue weighted by molar-refractivity contribution is 5.78. The van der Waals surface area contributed by atoms with Gasteiger partial charge in [-0.2, -0.15) is 0 Å². The summed E-state index contributed by atoms with van der Waals surface area (Å²) in [7, 11) is 1.70. The SMILES string of the molecule is COCc1ccccc1CN=C(N)NC1CC1. The molecule has 4 nitrogen and oxygen atoms in total. The molecule has 0 unspecified atom stereocenters. The second-order valence-electron chi connectivity index (χ2n) is 4.32. The third-order valence-corrected chi connectivity index (χ3v) is 2.77. The molecule has 0 amide bonds. The van der Waals surface area contributed by atoms with Gasteiger partial charge in [0.1, 0.15) is 0 Å². The van der Waals surface area contributed by atoms with Crippen molar-refractivity contribution in [1.29, 1.82) is 0 Å². The first kappa shape index (κ1) is 11.9. The number of nitrogens with two attached hydrogens (primary N) is 1. The summed E-state index contributed by atoms with van der Waals surface area (Å²) in [5.41, 5.74) is 8.12. The zero-order valence-corrected chi connectivity index (χ0v) is 10.1. The Kier molecular flexibility index (Phi) is 3.98. The van der Waals surface area contributed by atoms with Crippen LogP contribution in [0.4, 0.5) is 0 Å². The van der Waals surface area contributed by atoms with E-state index in [-0.39, 0.29) is 0 Å². The van der Waals surface area contributed by atoms with E-state index in [4.69, 9.17) is 10.5 Å². The third kappa shape index (κ3) is 3.75. The molecule has 0 spiro atoms. The zero-order valence-electron chi connectivity index (χ0n) is 10.1. The molecule has 2 rings (SSSR count). The molecule has 3 N–H and O–H groups in total. The molecule has 0 aliphatic heterocycles. The third-order valence-electron chi connectivity index (χ3n) is 2.77. The first-order valence-corrected chi connectivity index (χ1v) is 5.92. The van der Waals surface area contributed by atoms with Crippen molar-refractivity contribution in [3.05, 3.63) is 35.4 Å². The Hall–Kier alpha value is -1.55. The van der Waals surface area contributed by atoms with Gasteiger partial charge < -0.3 is 15.8 Å². The van der Waals surface area contributed by atoms with Crippen LogP contribution in [0.3, 0.4) is 0 Å². The summed E-state index contributed by atoms with van der Waals surface area (Å²) >= 11 is 0. The molecule has 0 saturated heterocycles. The number of aliphatic imine (C=N–C) groups is 1. The molecule has 1 saturated carbocycles. The fourth-order valence-corrected chi connectivity index (χ4v) is 1.66. The summed E-state index contributed by atoms with van der Waals surface area (Å²) in [5.74, 6) is 0.541. The van der Waals surface area contributed by atoms with Crippen molar-refractivity contribution in [3.63, 3.8) is 0 Å². The summed E-state index contributed by atoms with van der Waals surface area (Å²) < 4.78 is 5.15. The van der Waals surface area contributed by atoms with Gasteiger partial charge in [-0.1, -0.05) is 24.3 Å². The van der Waals surface area contributed by atoms with Crippen LogP contribution in [-0.4, -0.2) is 19.1 Å². The molecule has 1 aromatic rings. The molecule has 0 atom stereocenters. The predicted octanol–water partition coefficient (Wildman–Crippen LogP) is 1.40. The van der Waals surface area contributed by atoms with E-state index < -0.39 is 0 Å². The van der Waals surface area contributed by atoms with Gasteiger partial charge in [0.25, 0.3) is 0 Å². The van der Waals surface area contributed by atoms with E-state index in [0.717, 1.165) is 11.1 Å². The maximum atomic E-state index is 5.79. The largest absolute Gasteiger partial charge is 0.380 e. The molecule has 0 bridgehead atoms. The van der Waals surface area contributed by atoms with Crippen molar-refractivity contribution in [2.45, 2.75) is 32.0 Å². The van der Waals surface area contributed by atoms with Crippen LogP contribution in [0.5, 0.6) is 0 Å². The molecule has 0 aromatic heterocycles. The molecular formula is C13H19N3O. The normalized spacial score (nSPS) is 15.9. The van der Waals surface area contributed by atoms with Crippen LogP contribution in [0, 0.1) is 0 Å². The number of benzene rings is 1. The summed E-state index contributed by atoms with van der Waals surface area (Å²) in [4.78, 5) is 4.35. The maximum Gasteiger partial charge on any atom is 0.189 e. The Labute approximate surface area is 102 Å². The zero-order chi connectivity index (χ0) is 12.1. The quantitative estimate of drug-likeness (QED) is 0.597. The maximum absolute atomic E-state index is 5.79. The minimum Gasteiger partial charge on any atom is -0.380 e. The number of methoxy groups -OCH3 is 1. The molecule has 17 heavy (non-hydrogen) atoms. The molecule has 1 aliphatic rings. The Morgan fingerprint density at radius 3 is 2.76 bits per heavy atom. The highest BCUT2D eigenvalue weighted by atomic mass is 16.5. The van der Waals surface area contributed by atoms with Gasteiger partial charge in [0.2, 0.25) is 0 Å². The lowest BCUT2D eigenvalue weighted by Gasteiger charge is -2.07. The lowest BCUT2D eigenvalue weighted by Crippen LogP contribution is -2.33. The van der Waals surface area contributed by atoms with Gasteiger partial charge >= 0.3 is 0 Å². The number of hydrogen-bond donors (Lipinski definition) is 2. The first-order valence-electron chi connectivity index (χ1n) is 5.92. The van der Waals surface area contributed by atoms with Crippen molar-refractivity contribution < 1.29 is 4.74 Å². The van der Waals surface area contributed by atoms with Gasteiger partial charge in [-0.05, 0) is 24.0 Å². The van der Waals surface area contributed by atoms with E-state index in [1.165, 1.54) is 12.8 Å². The smallest absolute Gasteiger partial charge is 0.189 e. The summed E-state index contributed by atoms with van der Waals surface area (Å²) in [6.07, 6.45) is 2.41. The Morgan fingerprint density at radius 1 is 1.41 bits per heavy atom. The molecule has 0 heterocycles. The van der Waals surface area contributed by atoms with Crippen molar-refractivity contribution in [2.75, 3.05) is 7.11 Å². The van der Waals surface area contributed by atoms with Crippen molar-refractivity contribution >= 4 is 5.96 Å². The highest BCUT2D eigenvalue weighted by Crippen LogP contribution is 2.18. The van der Waals surface area contributed by atoms with Crippen LogP contribution in [0.25, 0.3) is 0 Å². The minimum atomic E-state index is 0.541.